The molecule has 21 heavy (non-hydrogen) atoms. The predicted molar refractivity (Wildman–Crippen MR) is 81.9 cm³/mol. The van der Waals surface area contributed by atoms with E-state index >= 15 is 0 Å². The molecule has 118 valence electrons. The number of amides is 1. The Morgan fingerprint density at radius 3 is 2.67 bits per heavy atom. The van der Waals surface area contributed by atoms with Gasteiger partial charge in [0.15, 0.2) is 0 Å². The summed E-state index contributed by atoms with van der Waals surface area (Å²) in [5, 5.41) is 6.27. The van der Waals surface area contributed by atoms with E-state index in [1.54, 1.807) is 6.07 Å². The number of benzene rings is 1. The van der Waals surface area contributed by atoms with Crippen LogP contribution in [0.15, 0.2) is 18.2 Å². The van der Waals surface area contributed by atoms with Crippen LogP contribution in [-0.2, 0) is 11.3 Å². The average Bonchev–Trinajstić information content (AvgIpc) is 2.33. The normalized spacial score (nSPS) is 12.9. The molecule has 0 fully saturated rings. The molecule has 2 N–H and O–H groups in total. The van der Waals surface area contributed by atoms with Gasteiger partial charge in [0.05, 0.1) is 0 Å². The van der Waals surface area contributed by atoms with Crippen molar-refractivity contribution in [2.75, 3.05) is 6.54 Å². The molecular weight excluding hydrogens is 295 g/mol. The molecule has 0 radical (unpaired) electrons. The molecule has 1 aromatic carbocycles. The van der Waals surface area contributed by atoms with Crippen LogP contribution in [0.4, 0.5) is 9.18 Å². The molecule has 4 nitrogen and oxygen atoms in total. The van der Waals surface area contributed by atoms with Crippen LogP contribution in [-0.4, -0.2) is 24.3 Å². The lowest BCUT2D eigenvalue weighted by Crippen LogP contribution is -2.41. The van der Waals surface area contributed by atoms with Crippen LogP contribution in [0.1, 0.15) is 33.3 Å². The minimum atomic E-state index is -0.512. The number of hydrogen-bond acceptors (Lipinski definition) is 3. The maximum Gasteiger partial charge on any atom is 0.407 e. The lowest BCUT2D eigenvalue weighted by molar-refractivity contribution is 0.0523. The van der Waals surface area contributed by atoms with Gasteiger partial charge >= 0.3 is 6.09 Å². The lowest BCUT2D eigenvalue weighted by Gasteiger charge is -2.21. The topological polar surface area (TPSA) is 50.4 Å². The van der Waals surface area contributed by atoms with E-state index in [0.717, 1.165) is 5.56 Å². The Bertz CT molecular complexity index is 489. The first-order valence-corrected chi connectivity index (χ1v) is 7.19. The van der Waals surface area contributed by atoms with Gasteiger partial charge in [-0.15, -0.1) is 0 Å². The van der Waals surface area contributed by atoms with Crippen molar-refractivity contribution in [2.24, 2.45) is 0 Å². The van der Waals surface area contributed by atoms with E-state index in [2.05, 4.69) is 10.6 Å². The van der Waals surface area contributed by atoms with Gasteiger partial charge in [-0.05, 0) is 45.4 Å². The Morgan fingerprint density at radius 1 is 1.43 bits per heavy atom. The van der Waals surface area contributed by atoms with E-state index in [-0.39, 0.29) is 11.9 Å². The predicted octanol–water partition coefficient (Wildman–Crippen LogP) is 3.48. The summed E-state index contributed by atoms with van der Waals surface area (Å²) in [5.41, 5.74) is 0.296. The lowest BCUT2D eigenvalue weighted by atomic mass is 10.2. The Hall–Kier alpha value is -1.33. The third-order valence-electron chi connectivity index (χ3n) is 2.61. The van der Waals surface area contributed by atoms with E-state index in [4.69, 9.17) is 16.3 Å². The molecule has 0 spiro atoms. The van der Waals surface area contributed by atoms with Gasteiger partial charge < -0.3 is 15.4 Å². The summed E-state index contributed by atoms with van der Waals surface area (Å²) in [7, 11) is 0. The van der Waals surface area contributed by atoms with Gasteiger partial charge in [0.25, 0.3) is 0 Å². The second kappa shape index (κ2) is 7.61. The summed E-state index contributed by atoms with van der Waals surface area (Å²) < 4.78 is 18.1. The Labute approximate surface area is 130 Å². The van der Waals surface area contributed by atoms with Gasteiger partial charge in [0.1, 0.15) is 11.4 Å². The minimum absolute atomic E-state index is 0.0265. The standard InChI is InChI=1S/C15H22ClFN2O2/c1-10(8-19-14(20)21-15(2,3)4)18-9-11-5-6-12(17)7-13(11)16/h5-7,10,18H,8-9H2,1-4H3,(H,19,20). The summed E-state index contributed by atoms with van der Waals surface area (Å²) >= 11 is 5.94. The molecule has 0 aliphatic rings. The van der Waals surface area contributed by atoms with Crippen molar-refractivity contribution in [3.8, 4) is 0 Å². The van der Waals surface area contributed by atoms with Crippen LogP contribution in [0.2, 0.25) is 5.02 Å². The first-order valence-electron chi connectivity index (χ1n) is 6.81. The quantitative estimate of drug-likeness (QED) is 0.874. The first kappa shape index (κ1) is 17.7. The fourth-order valence-electron chi connectivity index (χ4n) is 1.57. The van der Waals surface area contributed by atoms with Crippen LogP contribution in [0.3, 0.4) is 0 Å². The first-order chi connectivity index (χ1) is 9.67. The van der Waals surface area contributed by atoms with Crippen molar-refractivity contribution in [2.45, 2.75) is 45.9 Å². The van der Waals surface area contributed by atoms with Crippen LogP contribution in [0, 0.1) is 5.82 Å². The molecular formula is C15H22ClFN2O2. The third kappa shape index (κ3) is 7.29. The van der Waals surface area contributed by atoms with E-state index in [1.807, 2.05) is 27.7 Å². The van der Waals surface area contributed by atoms with Crippen LogP contribution >= 0.6 is 11.6 Å². The molecule has 0 aromatic heterocycles. The van der Waals surface area contributed by atoms with Crippen LogP contribution in [0.25, 0.3) is 0 Å². The van der Waals surface area contributed by atoms with Crippen molar-refractivity contribution >= 4 is 17.7 Å². The molecule has 0 saturated heterocycles. The number of halogens is 2. The van der Waals surface area contributed by atoms with Crippen molar-refractivity contribution < 1.29 is 13.9 Å². The highest BCUT2D eigenvalue weighted by atomic mass is 35.5. The molecule has 1 atom stereocenters. The molecule has 1 rings (SSSR count). The van der Waals surface area contributed by atoms with Crippen LogP contribution in [0.5, 0.6) is 0 Å². The number of carbonyl (C=O) groups excluding carboxylic acids is 1. The highest BCUT2D eigenvalue weighted by Crippen LogP contribution is 2.17. The zero-order valence-corrected chi connectivity index (χ0v) is 13.6. The van der Waals surface area contributed by atoms with Crippen molar-refractivity contribution in [1.82, 2.24) is 10.6 Å². The number of alkyl carbamates (subject to hydrolysis) is 1. The number of nitrogens with one attached hydrogen (secondary N) is 2. The molecule has 0 heterocycles. The van der Waals surface area contributed by atoms with Crippen molar-refractivity contribution in [3.63, 3.8) is 0 Å². The monoisotopic (exact) mass is 316 g/mol. The van der Waals surface area contributed by atoms with Gasteiger partial charge in [0.2, 0.25) is 0 Å². The summed E-state index contributed by atoms with van der Waals surface area (Å²) in [4.78, 5) is 11.5. The molecule has 1 unspecified atom stereocenters. The molecule has 6 heteroatoms. The maximum absolute atomic E-state index is 12.9. The van der Waals surface area contributed by atoms with E-state index < -0.39 is 11.7 Å². The molecule has 0 aliphatic carbocycles. The van der Waals surface area contributed by atoms with Crippen LogP contribution < -0.4 is 10.6 Å². The zero-order chi connectivity index (χ0) is 16.0. The maximum atomic E-state index is 12.9. The van der Waals surface area contributed by atoms with E-state index in [1.165, 1.54) is 12.1 Å². The molecule has 0 saturated carbocycles. The van der Waals surface area contributed by atoms with E-state index in [0.29, 0.717) is 18.1 Å². The fraction of sp³-hybridized carbons (Fsp3) is 0.533. The number of rotatable bonds is 5. The second-order valence-electron chi connectivity index (χ2n) is 5.90. The molecule has 0 bridgehead atoms. The highest BCUT2D eigenvalue weighted by molar-refractivity contribution is 6.31. The van der Waals surface area contributed by atoms with Gasteiger partial charge in [-0.1, -0.05) is 17.7 Å². The molecule has 1 aromatic rings. The summed E-state index contributed by atoms with van der Waals surface area (Å²) in [5.74, 6) is -0.358. The second-order valence-corrected chi connectivity index (χ2v) is 6.31. The molecule has 0 aliphatic heterocycles. The Morgan fingerprint density at radius 2 is 2.10 bits per heavy atom. The van der Waals surface area contributed by atoms with E-state index in [9.17, 15) is 9.18 Å². The highest BCUT2D eigenvalue weighted by Gasteiger charge is 2.16. The average molecular weight is 317 g/mol. The number of carbonyl (C=O) groups is 1. The Balaban J connectivity index is 2.34. The van der Waals surface area contributed by atoms with Gasteiger partial charge in [-0.25, -0.2) is 9.18 Å². The minimum Gasteiger partial charge on any atom is -0.444 e. The third-order valence-corrected chi connectivity index (χ3v) is 2.96. The number of ether oxygens (including phenoxy) is 1. The Kier molecular flexibility index (Phi) is 6.42. The SMILES string of the molecule is CC(CNC(=O)OC(C)(C)C)NCc1ccc(F)cc1Cl. The van der Waals surface area contributed by atoms with Gasteiger partial charge in [0, 0.05) is 24.2 Å². The zero-order valence-electron chi connectivity index (χ0n) is 12.8. The van der Waals surface area contributed by atoms with Crippen molar-refractivity contribution in [3.05, 3.63) is 34.6 Å². The summed E-state index contributed by atoms with van der Waals surface area (Å²) in [6.45, 7) is 8.28. The summed E-state index contributed by atoms with van der Waals surface area (Å²) in [6.07, 6.45) is -0.448. The van der Waals surface area contributed by atoms with Gasteiger partial charge in [-0.2, -0.15) is 0 Å². The van der Waals surface area contributed by atoms with Crippen molar-refractivity contribution in [1.29, 1.82) is 0 Å². The fourth-order valence-corrected chi connectivity index (χ4v) is 1.81. The number of hydrogen-bond donors (Lipinski definition) is 2. The van der Waals surface area contributed by atoms with Gasteiger partial charge in [-0.3, -0.25) is 0 Å². The summed E-state index contributed by atoms with van der Waals surface area (Å²) in [6, 6.07) is 4.31. The smallest absolute Gasteiger partial charge is 0.407 e. The molecule has 1 amide bonds. The largest absolute Gasteiger partial charge is 0.444 e.